The van der Waals surface area contributed by atoms with Gasteiger partial charge in [-0.05, 0) is 48.5 Å². The van der Waals surface area contributed by atoms with E-state index in [1.807, 2.05) is 48.5 Å². The molecule has 4 rings (SSSR count). The topological polar surface area (TPSA) is 95.1 Å². The van der Waals surface area contributed by atoms with E-state index in [-0.39, 0.29) is 0 Å². The SMILES string of the molecule is NC(=O)N(c1ccc(C2=NCCN2)cc1)c1ccc(C2=NCCN2)cc1. The lowest BCUT2D eigenvalue weighted by Crippen LogP contribution is -2.31. The number of nitrogens with one attached hydrogen (secondary N) is 2. The normalized spacial score (nSPS) is 15.7. The summed E-state index contributed by atoms with van der Waals surface area (Å²) in [4.78, 5) is 22.4. The molecule has 0 saturated heterocycles. The van der Waals surface area contributed by atoms with Crippen molar-refractivity contribution in [2.24, 2.45) is 15.7 Å². The molecule has 7 nitrogen and oxygen atoms in total. The summed E-state index contributed by atoms with van der Waals surface area (Å²) in [5, 5.41) is 6.47. The molecule has 4 N–H and O–H groups in total. The Hall–Kier alpha value is -3.35. The Labute approximate surface area is 151 Å². The Kier molecular flexibility index (Phi) is 4.27. The van der Waals surface area contributed by atoms with Gasteiger partial charge in [-0.25, -0.2) is 4.79 Å². The maximum absolute atomic E-state index is 12.1. The van der Waals surface area contributed by atoms with E-state index in [9.17, 15) is 4.79 Å². The molecule has 0 aromatic heterocycles. The van der Waals surface area contributed by atoms with Gasteiger partial charge in [-0.2, -0.15) is 0 Å². The molecule has 2 aromatic rings. The van der Waals surface area contributed by atoms with Crippen molar-refractivity contribution in [1.82, 2.24) is 10.6 Å². The van der Waals surface area contributed by atoms with Crippen LogP contribution in [0.5, 0.6) is 0 Å². The molecule has 0 spiro atoms. The zero-order valence-corrected chi connectivity index (χ0v) is 14.3. The fourth-order valence-electron chi connectivity index (χ4n) is 3.12. The van der Waals surface area contributed by atoms with Crippen LogP contribution in [-0.4, -0.2) is 43.9 Å². The lowest BCUT2D eigenvalue weighted by molar-refractivity contribution is 0.256. The van der Waals surface area contributed by atoms with E-state index in [1.165, 1.54) is 4.90 Å². The van der Waals surface area contributed by atoms with Crippen molar-refractivity contribution in [2.45, 2.75) is 0 Å². The summed E-state index contributed by atoms with van der Waals surface area (Å²) in [5.74, 6) is 1.77. The van der Waals surface area contributed by atoms with Gasteiger partial charge < -0.3 is 16.4 Å². The smallest absolute Gasteiger partial charge is 0.323 e. The quantitative estimate of drug-likeness (QED) is 0.783. The molecule has 0 radical (unpaired) electrons. The first-order valence-corrected chi connectivity index (χ1v) is 8.59. The minimum Gasteiger partial charge on any atom is -0.368 e. The fraction of sp³-hybridized carbons (Fsp3) is 0.211. The number of carbonyl (C=O) groups excluding carboxylic acids is 1. The molecule has 0 unspecified atom stereocenters. The Balaban J connectivity index is 1.60. The van der Waals surface area contributed by atoms with Crippen molar-refractivity contribution in [3.05, 3.63) is 59.7 Å². The molecular weight excluding hydrogens is 328 g/mol. The molecule has 2 aliphatic heterocycles. The first-order valence-electron chi connectivity index (χ1n) is 8.59. The van der Waals surface area contributed by atoms with E-state index < -0.39 is 6.03 Å². The van der Waals surface area contributed by atoms with Crippen LogP contribution in [0.15, 0.2) is 58.5 Å². The molecule has 2 aliphatic rings. The predicted octanol–water partition coefficient (Wildman–Crippen LogP) is 1.60. The average Bonchev–Trinajstić information content (AvgIpc) is 3.37. The van der Waals surface area contributed by atoms with Gasteiger partial charge in [-0.15, -0.1) is 0 Å². The number of amidine groups is 2. The number of nitrogens with two attached hydrogens (primary N) is 1. The largest absolute Gasteiger partial charge is 0.368 e. The van der Waals surface area contributed by atoms with Crippen LogP contribution in [0.2, 0.25) is 0 Å². The van der Waals surface area contributed by atoms with Gasteiger partial charge in [0.25, 0.3) is 0 Å². The molecule has 2 heterocycles. The third-order valence-corrected chi connectivity index (χ3v) is 4.37. The van der Waals surface area contributed by atoms with Crippen molar-refractivity contribution >= 4 is 29.1 Å². The lowest BCUT2D eigenvalue weighted by atomic mass is 10.1. The van der Waals surface area contributed by atoms with Crippen molar-refractivity contribution in [2.75, 3.05) is 31.1 Å². The van der Waals surface area contributed by atoms with Gasteiger partial charge in [-0.3, -0.25) is 14.9 Å². The van der Waals surface area contributed by atoms with Gasteiger partial charge in [0.2, 0.25) is 0 Å². The van der Waals surface area contributed by atoms with Crippen LogP contribution in [0.25, 0.3) is 0 Å². The number of nitrogens with zero attached hydrogens (tertiary/aromatic N) is 3. The molecule has 0 atom stereocenters. The van der Waals surface area contributed by atoms with E-state index in [1.54, 1.807) is 0 Å². The summed E-state index contributed by atoms with van der Waals surface area (Å²) in [6.07, 6.45) is 0. The molecule has 7 heteroatoms. The molecule has 0 saturated carbocycles. The van der Waals surface area contributed by atoms with E-state index in [4.69, 9.17) is 5.73 Å². The number of urea groups is 1. The molecule has 0 bridgehead atoms. The van der Waals surface area contributed by atoms with Crippen molar-refractivity contribution in [3.8, 4) is 0 Å². The maximum atomic E-state index is 12.1. The number of anilines is 2. The van der Waals surface area contributed by atoms with Crippen LogP contribution in [0.3, 0.4) is 0 Å². The summed E-state index contributed by atoms with van der Waals surface area (Å²) < 4.78 is 0. The molecule has 26 heavy (non-hydrogen) atoms. The molecule has 2 amide bonds. The summed E-state index contributed by atoms with van der Waals surface area (Å²) in [6, 6.07) is 14.7. The molecule has 2 aromatic carbocycles. The van der Waals surface area contributed by atoms with Crippen molar-refractivity contribution in [3.63, 3.8) is 0 Å². The molecule has 132 valence electrons. The van der Waals surface area contributed by atoms with Gasteiger partial charge in [0, 0.05) is 24.2 Å². The highest BCUT2D eigenvalue weighted by Crippen LogP contribution is 2.26. The van der Waals surface area contributed by atoms with Crippen LogP contribution in [0.1, 0.15) is 11.1 Å². The molecule has 0 fully saturated rings. The Morgan fingerprint density at radius 2 is 1.23 bits per heavy atom. The van der Waals surface area contributed by atoms with E-state index in [2.05, 4.69) is 20.6 Å². The standard InChI is InChI=1S/C19H20N6O/c20-19(26)25(15-5-1-13(2-6-15)17-21-9-10-22-17)16-7-3-14(4-8-16)18-23-11-12-24-18/h1-8H,9-12H2,(H2,20,26)(H,21,22)(H,23,24). The Morgan fingerprint density at radius 3 is 1.54 bits per heavy atom. The number of hydrogen-bond acceptors (Lipinski definition) is 5. The number of hydrogen-bond donors (Lipinski definition) is 3. The van der Waals surface area contributed by atoms with E-state index in [0.29, 0.717) is 11.4 Å². The summed E-state index contributed by atoms with van der Waals surface area (Å²) in [5.41, 5.74) is 9.05. The third-order valence-electron chi connectivity index (χ3n) is 4.37. The highest BCUT2D eigenvalue weighted by molar-refractivity contribution is 6.03. The number of amides is 2. The number of primary amides is 1. The number of aliphatic imine (C=N–C) groups is 2. The van der Waals surface area contributed by atoms with Gasteiger partial charge in [-0.1, -0.05) is 0 Å². The van der Waals surface area contributed by atoms with Gasteiger partial charge in [0.15, 0.2) is 0 Å². The summed E-state index contributed by atoms with van der Waals surface area (Å²) >= 11 is 0. The van der Waals surface area contributed by atoms with Crippen LogP contribution >= 0.6 is 0 Å². The van der Waals surface area contributed by atoms with E-state index >= 15 is 0 Å². The van der Waals surface area contributed by atoms with Gasteiger partial charge in [0.1, 0.15) is 11.7 Å². The van der Waals surface area contributed by atoms with Crippen LogP contribution < -0.4 is 21.3 Å². The number of carbonyl (C=O) groups is 1. The second-order valence-electron chi connectivity index (χ2n) is 6.08. The number of benzene rings is 2. The first-order chi connectivity index (χ1) is 12.7. The summed E-state index contributed by atoms with van der Waals surface area (Å²) in [7, 11) is 0. The minimum absolute atomic E-state index is 0.529. The zero-order valence-electron chi connectivity index (χ0n) is 14.3. The second kappa shape index (κ2) is 6.87. The van der Waals surface area contributed by atoms with Gasteiger partial charge >= 0.3 is 6.03 Å². The third kappa shape index (κ3) is 3.11. The second-order valence-corrected chi connectivity index (χ2v) is 6.08. The van der Waals surface area contributed by atoms with Gasteiger partial charge in [0.05, 0.1) is 24.5 Å². The highest BCUT2D eigenvalue weighted by atomic mass is 16.2. The summed E-state index contributed by atoms with van der Waals surface area (Å²) in [6.45, 7) is 3.29. The molecular formula is C19H20N6O. The van der Waals surface area contributed by atoms with Crippen molar-refractivity contribution in [1.29, 1.82) is 0 Å². The highest BCUT2D eigenvalue weighted by Gasteiger charge is 2.17. The number of rotatable bonds is 4. The molecule has 0 aliphatic carbocycles. The fourth-order valence-corrected chi connectivity index (χ4v) is 3.12. The van der Waals surface area contributed by atoms with Crippen LogP contribution in [0, 0.1) is 0 Å². The predicted molar refractivity (Wildman–Crippen MR) is 103 cm³/mol. The monoisotopic (exact) mass is 348 g/mol. The Bertz CT molecular complexity index is 802. The van der Waals surface area contributed by atoms with Crippen LogP contribution in [0.4, 0.5) is 16.2 Å². The Morgan fingerprint density at radius 1 is 0.808 bits per heavy atom. The van der Waals surface area contributed by atoms with E-state index in [0.717, 1.165) is 49.0 Å². The maximum Gasteiger partial charge on any atom is 0.323 e. The lowest BCUT2D eigenvalue weighted by Gasteiger charge is -2.21. The van der Waals surface area contributed by atoms with Crippen LogP contribution in [-0.2, 0) is 0 Å². The average molecular weight is 348 g/mol. The zero-order chi connectivity index (χ0) is 17.9. The minimum atomic E-state index is -0.529. The van der Waals surface area contributed by atoms with Crippen molar-refractivity contribution < 1.29 is 4.79 Å². The first kappa shape index (κ1) is 16.1.